The van der Waals surface area contributed by atoms with Crippen LogP contribution in [-0.4, -0.2) is 78.0 Å². The van der Waals surface area contributed by atoms with Crippen molar-refractivity contribution in [1.29, 1.82) is 0 Å². The average Bonchev–Trinajstić information content (AvgIpc) is 1.19. The Morgan fingerprint density at radius 2 is 0.443 bits per heavy atom. The van der Waals surface area contributed by atoms with Crippen molar-refractivity contribution in [3.05, 3.63) is 235 Å². The highest BCUT2D eigenvalue weighted by atomic mass is 32.2. The van der Waals surface area contributed by atoms with Crippen molar-refractivity contribution in [2.75, 3.05) is 0 Å². The van der Waals surface area contributed by atoms with E-state index in [1.165, 1.54) is 146 Å². The lowest BCUT2D eigenvalue weighted by Gasteiger charge is -2.24. The van der Waals surface area contributed by atoms with Gasteiger partial charge in [0.15, 0.2) is 0 Å². The Balaban J connectivity index is 1.40. The summed E-state index contributed by atoms with van der Waals surface area (Å²) < 4.78 is 137. The van der Waals surface area contributed by atoms with Gasteiger partial charge in [-0.1, -0.05) is 70.8 Å². The molecule has 88 heavy (non-hydrogen) atoms. The minimum Gasteiger partial charge on any atom is -0.481 e. The second-order valence-electron chi connectivity index (χ2n) is 21.3. The Hall–Kier alpha value is -9.36. The SMILES string of the molecule is Cc1ccc(S(=O)(=O)Oc2cc3c(CC(=O)O)c(c2)Cc2cc(OS(=O)(=O)c4ccc(C)cc4)cc(c2CC(=O)O)Cc2cc(OS(=O)(=O)c4ccc(C)cc4)cc(c2CC(=O)O)Cc2cc(OS(=O)(=O)c4ccc(C)cc4)cc(c2CC(=O)O)C3)cc1. The normalized spacial score (nSPS) is 12.6. The van der Waals surface area contributed by atoms with Crippen LogP contribution in [0.1, 0.15) is 89.0 Å². The van der Waals surface area contributed by atoms with Crippen LogP contribution in [0.25, 0.3) is 0 Å². The maximum absolute atomic E-state index is 14.2. The number of carboxylic acids is 4. The highest BCUT2D eigenvalue weighted by Crippen LogP contribution is 2.39. The fraction of sp³-hybridized carbons (Fsp3) is 0.188. The zero-order valence-corrected chi connectivity index (χ0v) is 50.7. The molecule has 0 spiro atoms. The van der Waals surface area contributed by atoms with Crippen molar-refractivity contribution in [1.82, 2.24) is 0 Å². The number of carbonyl (C=O) groups is 4. The minimum absolute atomic E-state index is 0.0443. The third-order valence-corrected chi connectivity index (χ3v) is 19.6. The number of benzene rings is 8. The second kappa shape index (κ2) is 25.2. The van der Waals surface area contributed by atoms with Gasteiger partial charge in [0.2, 0.25) is 0 Å². The van der Waals surface area contributed by atoms with Gasteiger partial charge in [-0.05, 0) is 217 Å². The van der Waals surface area contributed by atoms with Crippen LogP contribution < -0.4 is 16.7 Å². The van der Waals surface area contributed by atoms with Gasteiger partial charge in [-0.15, -0.1) is 0 Å². The van der Waals surface area contributed by atoms with Crippen LogP contribution in [-0.2, 0) is 111 Å². The summed E-state index contributed by atoms with van der Waals surface area (Å²) >= 11 is 0. The topological polar surface area (TPSA) is 323 Å². The summed E-state index contributed by atoms with van der Waals surface area (Å²) in [7, 11) is -18.9. The summed E-state index contributed by atoms with van der Waals surface area (Å²) in [5.74, 6) is -7.46. The molecule has 8 aromatic carbocycles. The molecular formula is C64H56O20S4. The Morgan fingerprint density at radius 1 is 0.295 bits per heavy atom. The van der Waals surface area contributed by atoms with Crippen LogP contribution in [0.4, 0.5) is 0 Å². The van der Waals surface area contributed by atoms with E-state index in [1.54, 1.807) is 27.7 Å². The lowest BCUT2D eigenvalue weighted by Crippen LogP contribution is -2.17. The molecular weight excluding hydrogens is 1220 g/mol. The highest BCUT2D eigenvalue weighted by Gasteiger charge is 2.30. The first-order valence-corrected chi connectivity index (χ1v) is 32.5. The summed E-state index contributed by atoms with van der Waals surface area (Å²) in [4.78, 5) is 51.5. The molecule has 0 heterocycles. The molecule has 8 bridgehead atoms. The monoisotopic (exact) mass is 1270 g/mol. The second-order valence-corrected chi connectivity index (χ2v) is 27.5. The van der Waals surface area contributed by atoms with Crippen LogP contribution in [0.3, 0.4) is 0 Å². The number of hydrogen-bond donors (Lipinski definition) is 4. The van der Waals surface area contributed by atoms with E-state index in [-0.39, 0.29) is 86.3 Å². The molecule has 0 unspecified atom stereocenters. The Labute approximate surface area is 507 Å². The molecule has 1 aliphatic carbocycles. The molecule has 20 nitrogen and oxygen atoms in total. The van der Waals surface area contributed by atoms with Crippen LogP contribution in [0, 0.1) is 27.7 Å². The lowest BCUT2D eigenvalue weighted by molar-refractivity contribution is -0.137. The molecule has 0 aromatic heterocycles. The van der Waals surface area contributed by atoms with Crippen LogP contribution in [0.15, 0.2) is 165 Å². The van der Waals surface area contributed by atoms with Gasteiger partial charge >= 0.3 is 64.3 Å². The summed E-state index contributed by atoms with van der Waals surface area (Å²) in [6.07, 6.45) is -5.57. The molecule has 9 rings (SSSR count). The quantitative estimate of drug-likeness (QED) is 0.0516. The largest absolute Gasteiger partial charge is 0.481 e. The van der Waals surface area contributed by atoms with Gasteiger partial charge in [0.25, 0.3) is 0 Å². The zero-order valence-electron chi connectivity index (χ0n) is 47.5. The fourth-order valence-corrected chi connectivity index (χ4v) is 14.0. The van der Waals surface area contributed by atoms with Gasteiger partial charge in [-0.2, -0.15) is 33.7 Å². The first-order chi connectivity index (χ1) is 41.4. The van der Waals surface area contributed by atoms with E-state index < -0.39 is 139 Å². The van der Waals surface area contributed by atoms with Gasteiger partial charge < -0.3 is 37.2 Å². The van der Waals surface area contributed by atoms with Gasteiger partial charge in [-0.3, -0.25) is 19.2 Å². The molecule has 0 saturated heterocycles. The molecule has 1 aliphatic rings. The Bertz CT molecular complexity index is 3900. The number of aryl methyl sites for hydroxylation is 4. The van der Waals surface area contributed by atoms with Crippen molar-refractivity contribution in [3.8, 4) is 23.0 Å². The third-order valence-electron chi connectivity index (χ3n) is 14.5. The van der Waals surface area contributed by atoms with E-state index in [9.17, 15) is 73.3 Å². The van der Waals surface area contributed by atoms with Crippen molar-refractivity contribution in [2.24, 2.45) is 0 Å². The van der Waals surface area contributed by atoms with Crippen molar-refractivity contribution in [2.45, 2.75) is 98.6 Å². The molecule has 0 saturated carbocycles. The minimum atomic E-state index is -4.73. The van der Waals surface area contributed by atoms with E-state index >= 15 is 0 Å². The van der Waals surface area contributed by atoms with E-state index in [0.717, 1.165) is 0 Å². The van der Waals surface area contributed by atoms with E-state index in [2.05, 4.69) is 0 Å². The number of fused-ring (bicyclic) bond motifs is 8. The van der Waals surface area contributed by atoms with Crippen LogP contribution in [0.5, 0.6) is 23.0 Å². The van der Waals surface area contributed by atoms with Crippen LogP contribution in [0.2, 0.25) is 0 Å². The number of hydrogen-bond acceptors (Lipinski definition) is 16. The summed E-state index contributed by atoms with van der Waals surface area (Å²) in [5.41, 5.74) is 2.27. The van der Waals surface area contributed by atoms with Crippen LogP contribution >= 0.6 is 0 Å². The molecule has 0 radical (unpaired) electrons. The lowest BCUT2D eigenvalue weighted by atomic mass is 9.82. The average molecular weight is 1270 g/mol. The fourth-order valence-electron chi connectivity index (χ4n) is 10.4. The molecule has 24 heteroatoms. The molecule has 0 amide bonds. The van der Waals surface area contributed by atoms with Crippen molar-refractivity contribution in [3.63, 3.8) is 0 Å². The highest BCUT2D eigenvalue weighted by molar-refractivity contribution is 7.88. The summed E-state index contributed by atoms with van der Waals surface area (Å²) in [5, 5.41) is 42.8. The van der Waals surface area contributed by atoms with Gasteiger partial charge in [0.05, 0.1) is 25.7 Å². The molecule has 456 valence electrons. The van der Waals surface area contributed by atoms with E-state index in [4.69, 9.17) is 16.7 Å². The predicted molar refractivity (Wildman–Crippen MR) is 318 cm³/mol. The first-order valence-electron chi connectivity index (χ1n) is 26.9. The smallest absolute Gasteiger partial charge is 0.339 e. The van der Waals surface area contributed by atoms with Gasteiger partial charge in [0.1, 0.15) is 42.6 Å². The molecule has 4 N–H and O–H groups in total. The number of carboxylic acid groups (broad SMARTS) is 4. The standard InChI is InChI=1S/C64H56O20S4/c1-37-5-13-53(14-6-37)85(73,74)81-49-25-41-21-43-27-50(82-86(75,76)54-15-7-38(2)8-16-54)29-45(58(43)34-62(67)68)23-47-31-52(84-88(79,80)56-19-11-40(4)12-20-56)32-48(60(47)36-64(71)72)24-46-30-51(83-87(77,78)55-17-9-39(3)10-18-55)28-44(59(46)35-63(69)70)22-42(26-49)57(41)33-61(65)66/h5-20,25-32H,21-24,33-36H2,1-4H3,(H,65,66)(H,67,68)(H,69,70)(H,71,72). The van der Waals surface area contributed by atoms with Gasteiger partial charge in [-0.25, -0.2) is 0 Å². The maximum Gasteiger partial charge on any atom is 0.339 e. The van der Waals surface area contributed by atoms with Crippen molar-refractivity contribution < 1.29 is 90.0 Å². The Kier molecular flexibility index (Phi) is 18.1. The summed E-state index contributed by atoms with van der Waals surface area (Å²) in [6, 6.07) is 32.0. The Morgan fingerprint density at radius 3 is 0.580 bits per heavy atom. The van der Waals surface area contributed by atoms with Gasteiger partial charge in [0, 0.05) is 0 Å². The summed E-state index contributed by atoms with van der Waals surface area (Å²) in [6.45, 7) is 6.90. The zero-order chi connectivity index (χ0) is 63.6. The molecule has 0 fully saturated rings. The number of rotatable bonds is 20. The first kappa shape index (κ1) is 63.2. The molecule has 0 atom stereocenters. The molecule has 0 aliphatic heterocycles. The number of aliphatic carboxylic acids is 4. The van der Waals surface area contributed by atoms with Crippen molar-refractivity contribution >= 4 is 64.3 Å². The maximum atomic E-state index is 14.2. The third kappa shape index (κ3) is 15.1. The van der Waals surface area contributed by atoms with E-state index in [1.807, 2.05) is 0 Å². The molecule has 8 aromatic rings. The predicted octanol–water partition coefficient (Wildman–Crippen LogP) is 9.18. The van der Waals surface area contributed by atoms with E-state index in [0.29, 0.717) is 22.3 Å².